The predicted molar refractivity (Wildman–Crippen MR) is 89.4 cm³/mol. The van der Waals surface area contributed by atoms with Crippen molar-refractivity contribution in [3.8, 4) is 11.5 Å². The Kier molecular flexibility index (Phi) is 4.34. The van der Waals surface area contributed by atoms with Crippen LogP contribution >= 0.6 is 39.1 Å². The predicted octanol–water partition coefficient (Wildman–Crippen LogP) is 5.56. The van der Waals surface area contributed by atoms with Crippen molar-refractivity contribution in [1.29, 1.82) is 0 Å². The van der Waals surface area contributed by atoms with Crippen molar-refractivity contribution >= 4 is 39.1 Å². The highest BCUT2D eigenvalue weighted by Gasteiger charge is 2.21. The summed E-state index contributed by atoms with van der Waals surface area (Å²) in [5.41, 5.74) is 3.05. The van der Waals surface area contributed by atoms with Gasteiger partial charge in [-0.3, -0.25) is 0 Å². The smallest absolute Gasteiger partial charge is 0.162 e. The Bertz CT molecular complexity index is 688. The molecule has 3 rings (SSSR count). The fourth-order valence-electron chi connectivity index (χ4n) is 2.34. The quantitative estimate of drug-likeness (QED) is 0.628. The van der Waals surface area contributed by atoms with E-state index in [1.54, 1.807) is 6.07 Å². The van der Waals surface area contributed by atoms with Gasteiger partial charge in [0.1, 0.15) is 13.2 Å². The van der Waals surface area contributed by atoms with Crippen LogP contribution in [0.15, 0.2) is 30.3 Å². The lowest BCUT2D eigenvalue weighted by Crippen LogP contribution is -2.15. The summed E-state index contributed by atoms with van der Waals surface area (Å²) in [6.45, 7) is 3.10. The highest BCUT2D eigenvalue weighted by molar-refractivity contribution is 9.09. The number of hydrogen-bond acceptors (Lipinski definition) is 2. The van der Waals surface area contributed by atoms with Crippen LogP contribution in [0.2, 0.25) is 10.0 Å². The number of alkyl halides is 1. The molecule has 1 heterocycles. The topological polar surface area (TPSA) is 18.5 Å². The van der Waals surface area contributed by atoms with Gasteiger partial charge in [-0.15, -0.1) is 0 Å². The molecule has 0 aliphatic carbocycles. The molecule has 2 aromatic carbocycles. The molecule has 0 fully saturated rings. The van der Waals surface area contributed by atoms with Crippen LogP contribution in [-0.2, 0) is 0 Å². The molecule has 0 amide bonds. The Morgan fingerprint density at radius 1 is 1.00 bits per heavy atom. The minimum Gasteiger partial charge on any atom is -0.486 e. The van der Waals surface area contributed by atoms with Crippen LogP contribution in [0.4, 0.5) is 0 Å². The van der Waals surface area contributed by atoms with Gasteiger partial charge < -0.3 is 9.47 Å². The van der Waals surface area contributed by atoms with Gasteiger partial charge in [0, 0.05) is 16.1 Å². The summed E-state index contributed by atoms with van der Waals surface area (Å²) in [6, 6.07) is 9.58. The SMILES string of the molecule is Cc1c(Cl)cccc1C(Br)c1cc2c(cc1Cl)OCCO2. The lowest BCUT2D eigenvalue weighted by Gasteiger charge is -2.22. The second-order valence-corrected chi connectivity index (χ2v) is 6.56. The van der Waals surface area contributed by atoms with Gasteiger partial charge in [0.15, 0.2) is 11.5 Å². The van der Waals surface area contributed by atoms with Gasteiger partial charge in [0.05, 0.1) is 4.83 Å². The van der Waals surface area contributed by atoms with Crippen LogP contribution in [0, 0.1) is 6.92 Å². The van der Waals surface area contributed by atoms with E-state index in [4.69, 9.17) is 32.7 Å². The summed E-state index contributed by atoms with van der Waals surface area (Å²) >= 11 is 16.3. The lowest BCUT2D eigenvalue weighted by molar-refractivity contribution is 0.171. The highest BCUT2D eigenvalue weighted by Crippen LogP contribution is 2.43. The first-order valence-corrected chi connectivity index (χ1v) is 8.23. The van der Waals surface area contributed by atoms with Crippen molar-refractivity contribution < 1.29 is 9.47 Å². The fourth-order valence-corrected chi connectivity index (χ4v) is 3.79. The van der Waals surface area contributed by atoms with Crippen molar-refractivity contribution in [2.24, 2.45) is 0 Å². The zero-order chi connectivity index (χ0) is 15.0. The number of ether oxygens (including phenoxy) is 2. The third-order valence-electron chi connectivity index (χ3n) is 3.52. The third-order valence-corrected chi connectivity index (χ3v) is 5.24. The van der Waals surface area contributed by atoms with Gasteiger partial charge in [-0.1, -0.05) is 51.3 Å². The molecule has 5 heteroatoms. The summed E-state index contributed by atoms with van der Waals surface area (Å²) < 4.78 is 11.2. The van der Waals surface area contributed by atoms with E-state index in [-0.39, 0.29) is 4.83 Å². The molecule has 2 nitrogen and oxygen atoms in total. The van der Waals surface area contributed by atoms with Crippen LogP contribution in [0.25, 0.3) is 0 Å². The molecule has 0 saturated carbocycles. The Morgan fingerprint density at radius 2 is 1.67 bits per heavy atom. The molecule has 1 aliphatic rings. The molecule has 1 unspecified atom stereocenters. The van der Waals surface area contributed by atoms with Crippen molar-refractivity contribution in [1.82, 2.24) is 0 Å². The number of rotatable bonds is 2. The minimum atomic E-state index is -0.0560. The first-order valence-electron chi connectivity index (χ1n) is 6.56. The van der Waals surface area contributed by atoms with Crippen LogP contribution in [0.1, 0.15) is 21.5 Å². The molecule has 0 bridgehead atoms. The lowest BCUT2D eigenvalue weighted by atomic mass is 10.00. The average molecular weight is 388 g/mol. The number of benzene rings is 2. The molecular weight excluding hydrogens is 375 g/mol. The highest BCUT2D eigenvalue weighted by atomic mass is 79.9. The molecule has 1 atom stereocenters. The van der Waals surface area contributed by atoms with Crippen LogP contribution in [0.3, 0.4) is 0 Å². The van der Waals surface area contributed by atoms with Gasteiger partial charge in [0.25, 0.3) is 0 Å². The fraction of sp³-hybridized carbons (Fsp3) is 0.250. The molecule has 1 aliphatic heterocycles. The van der Waals surface area contributed by atoms with Gasteiger partial charge in [-0.2, -0.15) is 0 Å². The maximum absolute atomic E-state index is 6.40. The minimum absolute atomic E-state index is 0.0560. The van der Waals surface area contributed by atoms with E-state index in [9.17, 15) is 0 Å². The van der Waals surface area contributed by atoms with Crippen molar-refractivity contribution in [3.05, 3.63) is 57.1 Å². The summed E-state index contributed by atoms with van der Waals surface area (Å²) in [5.74, 6) is 1.42. The zero-order valence-corrected chi connectivity index (χ0v) is 14.4. The summed E-state index contributed by atoms with van der Waals surface area (Å²) in [4.78, 5) is -0.0560. The van der Waals surface area contributed by atoms with Crippen molar-refractivity contribution in [2.45, 2.75) is 11.8 Å². The standard InChI is InChI=1S/C16H13BrCl2O2/c1-9-10(3-2-4-12(9)18)16(17)11-7-14-15(8-13(11)19)21-6-5-20-14/h2-4,7-8,16H,5-6H2,1H3. The normalized spacial score (nSPS) is 14.9. The van der Waals surface area contributed by atoms with Crippen molar-refractivity contribution in [3.63, 3.8) is 0 Å². The Morgan fingerprint density at radius 3 is 2.38 bits per heavy atom. The second-order valence-electron chi connectivity index (χ2n) is 4.83. The monoisotopic (exact) mass is 386 g/mol. The number of fused-ring (bicyclic) bond motifs is 1. The van der Waals surface area contributed by atoms with E-state index in [1.807, 2.05) is 31.2 Å². The summed E-state index contributed by atoms with van der Waals surface area (Å²) in [6.07, 6.45) is 0. The summed E-state index contributed by atoms with van der Waals surface area (Å²) in [7, 11) is 0. The van der Waals surface area contributed by atoms with Gasteiger partial charge >= 0.3 is 0 Å². The van der Waals surface area contributed by atoms with E-state index in [1.165, 1.54) is 0 Å². The zero-order valence-electron chi connectivity index (χ0n) is 11.3. The molecule has 0 radical (unpaired) electrons. The van der Waals surface area contributed by atoms with Gasteiger partial charge in [-0.05, 0) is 35.7 Å². The van der Waals surface area contributed by atoms with E-state index in [2.05, 4.69) is 15.9 Å². The maximum Gasteiger partial charge on any atom is 0.162 e. The second kappa shape index (κ2) is 6.07. The first kappa shape index (κ1) is 15.0. The largest absolute Gasteiger partial charge is 0.486 e. The van der Waals surface area contributed by atoms with Gasteiger partial charge in [-0.25, -0.2) is 0 Å². The summed E-state index contributed by atoms with van der Waals surface area (Å²) in [5, 5.41) is 1.38. The Balaban J connectivity index is 2.05. The van der Waals surface area contributed by atoms with E-state index in [0.29, 0.717) is 24.0 Å². The Hall–Kier alpha value is -0.900. The molecule has 0 saturated heterocycles. The third kappa shape index (κ3) is 2.87. The van der Waals surface area contributed by atoms with Crippen LogP contribution in [0.5, 0.6) is 11.5 Å². The van der Waals surface area contributed by atoms with E-state index in [0.717, 1.165) is 27.5 Å². The number of hydrogen-bond donors (Lipinski definition) is 0. The van der Waals surface area contributed by atoms with E-state index < -0.39 is 0 Å². The van der Waals surface area contributed by atoms with Crippen molar-refractivity contribution in [2.75, 3.05) is 13.2 Å². The molecule has 0 aromatic heterocycles. The van der Waals surface area contributed by atoms with E-state index >= 15 is 0 Å². The molecule has 110 valence electrons. The molecule has 21 heavy (non-hydrogen) atoms. The first-order chi connectivity index (χ1) is 10.1. The molecule has 2 aromatic rings. The van der Waals surface area contributed by atoms with Gasteiger partial charge in [0.2, 0.25) is 0 Å². The molecule has 0 spiro atoms. The van der Waals surface area contributed by atoms with Crippen LogP contribution < -0.4 is 9.47 Å². The number of halogens is 3. The van der Waals surface area contributed by atoms with Crippen LogP contribution in [-0.4, -0.2) is 13.2 Å². The maximum atomic E-state index is 6.40. The molecule has 0 N–H and O–H groups in total. The molecular formula is C16H13BrCl2O2. The average Bonchev–Trinajstić information content (AvgIpc) is 2.48. The Labute approximate surface area is 142 Å².